The maximum atomic E-state index is 6.28. The molecule has 2 rings (SSSR count). The monoisotopic (exact) mass is 196 g/mol. The summed E-state index contributed by atoms with van der Waals surface area (Å²) in [6.07, 6.45) is 9.66. The van der Waals surface area contributed by atoms with Crippen molar-refractivity contribution in [1.82, 2.24) is 5.32 Å². The Morgan fingerprint density at radius 2 is 1.79 bits per heavy atom. The fourth-order valence-corrected chi connectivity index (χ4v) is 2.56. The maximum absolute atomic E-state index is 6.28. The lowest BCUT2D eigenvalue weighted by Gasteiger charge is -2.30. The van der Waals surface area contributed by atoms with Gasteiger partial charge in [0.25, 0.3) is 0 Å². The van der Waals surface area contributed by atoms with Crippen LogP contribution >= 0.6 is 0 Å². The molecular formula is C12H24N2. The molecule has 1 atom stereocenters. The summed E-state index contributed by atoms with van der Waals surface area (Å²) in [7, 11) is 0. The minimum Gasteiger partial charge on any atom is -0.324 e. The molecule has 14 heavy (non-hydrogen) atoms. The van der Waals surface area contributed by atoms with E-state index >= 15 is 0 Å². The summed E-state index contributed by atoms with van der Waals surface area (Å²) in [5.74, 6) is 0.790. The van der Waals surface area contributed by atoms with Crippen molar-refractivity contribution in [2.24, 2.45) is 11.7 Å². The van der Waals surface area contributed by atoms with E-state index in [2.05, 4.69) is 12.2 Å². The number of hydrogen-bond acceptors (Lipinski definition) is 2. The molecule has 0 aromatic rings. The summed E-state index contributed by atoms with van der Waals surface area (Å²) in [6, 6.07) is 0.755. The third kappa shape index (κ3) is 2.71. The molecule has 0 spiro atoms. The van der Waals surface area contributed by atoms with Gasteiger partial charge in [0.1, 0.15) is 0 Å². The van der Waals surface area contributed by atoms with Gasteiger partial charge < -0.3 is 11.1 Å². The Hall–Kier alpha value is -0.0800. The first-order valence-corrected chi connectivity index (χ1v) is 6.21. The van der Waals surface area contributed by atoms with Crippen molar-refractivity contribution in [3.05, 3.63) is 0 Å². The van der Waals surface area contributed by atoms with E-state index in [1.54, 1.807) is 0 Å². The Labute approximate surface area is 87.6 Å². The van der Waals surface area contributed by atoms with Crippen molar-refractivity contribution in [3.8, 4) is 0 Å². The summed E-state index contributed by atoms with van der Waals surface area (Å²) >= 11 is 0. The van der Waals surface area contributed by atoms with Crippen molar-refractivity contribution in [2.45, 2.75) is 63.5 Å². The Kier molecular flexibility index (Phi) is 3.13. The summed E-state index contributed by atoms with van der Waals surface area (Å²) in [5, 5.41) is 3.66. The van der Waals surface area contributed by atoms with Crippen molar-refractivity contribution in [1.29, 1.82) is 0 Å². The van der Waals surface area contributed by atoms with E-state index in [1.807, 2.05) is 0 Å². The van der Waals surface area contributed by atoms with Crippen molar-refractivity contribution < 1.29 is 0 Å². The molecule has 0 bridgehead atoms. The van der Waals surface area contributed by atoms with Gasteiger partial charge in [-0.05, 0) is 38.5 Å². The van der Waals surface area contributed by atoms with E-state index < -0.39 is 0 Å². The zero-order chi connectivity index (χ0) is 10.0. The molecule has 2 heteroatoms. The summed E-state index contributed by atoms with van der Waals surface area (Å²) in [6.45, 7) is 3.23. The second-order valence-corrected chi connectivity index (χ2v) is 5.50. The van der Waals surface area contributed by atoms with E-state index in [9.17, 15) is 0 Å². The van der Waals surface area contributed by atoms with Crippen LogP contribution in [0.1, 0.15) is 51.9 Å². The predicted molar refractivity (Wildman–Crippen MR) is 60.2 cm³/mol. The molecule has 0 saturated heterocycles. The van der Waals surface area contributed by atoms with Gasteiger partial charge in [-0.2, -0.15) is 0 Å². The zero-order valence-electron chi connectivity index (χ0n) is 9.39. The smallest absolute Gasteiger partial charge is 0.0280 e. The molecule has 0 aromatic heterocycles. The molecule has 0 heterocycles. The Bertz CT molecular complexity index is 179. The van der Waals surface area contributed by atoms with Crippen molar-refractivity contribution in [2.75, 3.05) is 6.54 Å². The molecule has 2 aliphatic rings. The largest absolute Gasteiger partial charge is 0.324 e. The normalized spacial score (nSPS) is 28.7. The Morgan fingerprint density at radius 1 is 1.14 bits per heavy atom. The number of hydrogen-bond donors (Lipinski definition) is 2. The molecule has 3 N–H and O–H groups in total. The molecule has 0 radical (unpaired) electrons. The molecule has 0 amide bonds. The van der Waals surface area contributed by atoms with Crippen LogP contribution in [0.3, 0.4) is 0 Å². The van der Waals surface area contributed by atoms with Gasteiger partial charge in [0.15, 0.2) is 0 Å². The van der Waals surface area contributed by atoms with Crippen LogP contribution in [0.4, 0.5) is 0 Å². The average Bonchev–Trinajstić information content (AvgIpc) is 3.00. The third-order valence-corrected chi connectivity index (χ3v) is 3.89. The number of nitrogens with two attached hydrogens (primary N) is 1. The number of nitrogens with one attached hydrogen (secondary N) is 1. The summed E-state index contributed by atoms with van der Waals surface area (Å²) in [4.78, 5) is 0. The highest BCUT2D eigenvalue weighted by Crippen LogP contribution is 2.37. The molecule has 82 valence electrons. The molecule has 0 aromatic carbocycles. The maximum Gasteiger partial charge on any atom is 0.0280 e. The van der Waals surface area contributed by atoms with Gasteiger partial charge in [0.2, 0.25) is 0 Å². The zero-order valence-corrected chi connectivity index (χ0v) is 9.39. The quantitative estimate of drug-likeness (QED) is 0.722. The molecule has 2 nitrogen and oxygen atoms in total. The van der Waals surface area contributed by atoms with Crippen molar-refractivity contribution >= 4 is 0 Å². The van der Waals surface area contributed by atoms with E-state index in [1.165, 1.54) is 44.9 Å². The SMILES string of the molecule is CC(N)(CNC1CCCCC1)C1CC1. The first kappa shape index (κ1) is 10.4. The highest BCUT2D eigenvalue weighted by atomic mass is 15.0. The highest BCUT2D eigenvalue weighted by molar-refractivity contribution is 4.97. The first-order chi connectivity index (χ1) is 6.68. The van der Waals surface area contributed by atoms with Crippen LogP contribution in [-0.4, -0.2) is 18.1 Å². The average molecular weight is 196 g/mol. The van der Waals surface area contributed by atoms with Crippen molar-refractivity contribution in [3.63, 3.8) is 0 Å². The lowest BCUT2D eigenvalue weighted by atomic mass is 9.93. The lowest BCUT2D eigenvalue weighted by Crippen LogP contribution is -2.50. The standard InChI is InChI=1S/C12H24N2/c1-12(13,10-7-8-10)9-14-11-5-3-2-4-6-11/h10-11,14H,2-9,13H2,1H3. The van der Waals surface area contributed by atoms with Gasteiger partial charge in [-0.15, -0.1) is 0 Å². The fraction of sp³-hybridized carbons (Fsp3) is 1.00. The van der Waals surface area contributed by atoms with Gasteiger partial charge in [-0.1, -0.05) is 19.3 Å². The van der Waals surface area contributed by atoms with E-state index in [-0.39, 0.29) is 5.54 Å². The van der Waals surface area contributed by atoms with Crippen LogP contribution in [0, 0.1) is 5.92 Å². The van der Waals surface area contributed by atoms with E-state index in [0.29, 0.717) is 0 Å². The molecular weight excluding hydrogens is 172 g/mol. The third-order valence-electron chi connectivity index (χ3n) is 3.89. The summed E-state index contributed by atoms with van der Waals surface area (Å²) < 4.78 is 0. The van der Waals surface area contributed by atoms with Crippen LogP contribution < -0.4 is 11.1 Å². The van der Waals surface area contributed by atoms with Crippen LogP contribution in [0.2, 0.25) is 0 Å². The minimum atomic E-state index is 0.0530. The molecule has 1 unspecified atom stereocenters. The van der Waals surface area contributed by atoms with E-state index in [4.69, 9.17) is 5.73 Å². The molecule has 2 fully saturated rings. The first-order valence-electron chi connectivity index (χ1n) is 6.21. The van der Waals surface area contributed by atoms with Gasteiger partial charge in [-0.25, -0.2) is 0 Å². The van der Waals surface area contributed by atoms with Crippen LogP contribution in [0.5, 0.6) is 0 Å². The van der Waals surface area contributed by atoms with Gasteiger partial charge in [0, 0.05) is 18.1 Å². The van der Waals surface area contributed by atoms with Crippen LogP contribution in [-0.2, 0) is 0 Å². The minimum absolute atomic E-state index is 0.0530. The highest BCUT2D eigenvalue weighted by Gasteiger charge is 2.38. The van der Waals surface area contributed by atoms with Crippen LogP contribution in [0.25, 0.3) is 0 Å². The Morgan fingerprint density at radius 3 is 2.36 bits per heavy atom. The van der Waals surface area contributed by atoms with Gasteiger partial charge in [0.05, 0.1) is 0 Å². The molecule has 0 aliphatic heterocycles. The summed E-state index contributed by atoms with van der Waals surface area (Å²) in [5.41, 5.74) is 6.33. The van der Waals surface area contributed by atoms with E-state index in [0.717, 1.165) is 18.5 Å². The lowest BCUT2D eigenvalue weighted by molar-refractivity contribution is 0.313. The second-order valence-electron chi connectivity index (χ2n) is 5.50. The topological polar surface area (TPSA) is 38.0 Å². The van der Waals surface area contributed by atoms with Crippen LogP contribution in [0.15, 0.2) is 0 Å². The fourth-order valence-electron chi connectivity index (χ4n) is 2.56. The molecule has 2 saturated carbocycles. The number of rotatable bonds is 4. The Balaban J connectivity index is 1.69. The molecule has 2 aliphatic carbocycles. The second kappa shape index (κ2) is 4.19. The predicted octanol–water partition coefficient (Wildman–Crippen LogP) is 2.04. The van der Waals surface area contributed by atoms with Gasteiger partial charge in [-0.3, -0.25) is 0 Å². The van der Waals surface area contributed by atoms with Gasteiger partial charge >= 0.3 is 0 Å².